The molecule has 2 aliphatic carbocycles. The average molecular weight is 272 g/mol. The summed E-state index contributed by atoms with van der Waals surface area (Å²) in [6.07, 6.45) is 5.06. The Morgan fingerprint density at radius 1 is 1.15 bits per heavy atom. The predicted molar refractivity (Wildman–Crippen MR) is 74.5 cm³/mol. The molecule has 2 fully saturated rings. The van der Waals surface area contributed by atoms with E-state index in [9.17, 15) is 4.39 Å². The fourth-order valence-electron chi connectivity index (χ4n) is 3.86. The van der Waals surface area contributed by atoms with Crippen LogP contribution in [0.15, 0.2) is 28.8 Å². The molecule has 20 heavy (non-hydrogen) atoms. The number of anilines is 1. The lowest BCUT2D eigenvalue weighted by Gasteiger charge is -2.04. The van der Waals surface area contributed by atoms with Crippen molar-refractivity contribution >= 4 is 5.82 Å². The molecule has 0 radical (unpaired) electrons. The standard InChI is InChI=1S/C16H17FN2O/c17-12-8-4-3-7-11(12)14-15(20-19-16(14)18)13-9-5-1-2-6-10(9)13/h3-4,7-10,13H,1-2,5-6H2,(H2,18,19). The van der Waals surface area contributed by atoms with Gasteiger partial charge in [0.05, 0.1) is 5.56 Å². The van der Waals surface area contributed by atoms with Crippen LogP contribution < -0.4 is 5.73 Å². The van der Waals surface area contributed by atoms with Crippen LogP contribution in [0.1, 0.15) is 37.4 Å². The summed E-state index contributed by atoms with van der Waals surface area (Å²) in [5.74, 6) is 2.57. The van der Waals surface area contributed by atoms with E-state index in [0.29, 0.717) is 34.7 Å². The molecule has 0 amide bonds. The maximum atomic E-state index is 14.0. The van der Waals surface area contributed by atoms with Gasteiger partial charge in [0.25, 0.3) is 0 Å². The molecule has 2 unspecified atom stereocenters. The second-order valence-corrected chi connectivity index (χ2v) is 5.92. The first-order chi connectivity index (χ1) is 9.77. The van der Waals surface area contributed by atoms with Gasteiger partial charge in [0.1, 0.15) is 5.82 Å². The molecule has 0 spiro atoms. The van der Waals surface area contributed by atoms with Gasteiger partial charge in [-0.1, -0.05) is 36.2 Å². The summed E-state index contributed by atoms with van der Waals surface area (Å²) in [4.78, 5) is 0. The number of nitrogens with zero attached hydrogens (tertiary/aromatic N) is 1. The van der Waals surface area contributed by atoms with Gasteiger partial charge < -0.3 is 10.3 Å². The smallest absolute Gasteiger partial charge is 0.175 e. The number of rotatable bonds is 2. The summed E-state index contributed by atoms with van der Waals surface area (Å²) in [6.45, 7) is 0. The van der Waals surface area contributed by atoms with Crippen molar-refractivity contribution in [3.63, 3.8) is 0 Å². The van der Waals surface area contributed by atoms with Gasteiger partial charge in [-0.3, -0.25) is 0 Å². The minimum absolute atomic E-state index is 0.271. The molecule has 2 aromatic rings. The summed E-state index contributed by atoms with van der Waals surface area (Å²) in [7, 11) is 0. The van der Waals surface area contributed by atoms with Gasteiger partial charge in [-0.25, -0.2) is 4.39 Å². The Kier molecular flexibility index (Phi) is 2.59. The number of nitrogens with two attached hydrogens (primary N) is 1. The Morgan fingerprint density at radius 2 is 1.85 bits per heavy atom. The third kappa shape index (κ3) is 1.67. The van der Waals surface area contributed by atoms with E-state index in [1.54, 1.807) is 12.1 Å². The predicted octanol–water partition coefficient (Wildman–Crippen LogP) is 3.97. The Morgan fingerprint density at radius 3 is 2.55 bits per heavy atom. The number of benzene rings is 1. The highest BCUT2D eigenvalue weighted by Crippen LogP contribution is 2.63. The first-order valence-electron chi connectivity index (χ1n) is 7.27. The van der Waals surface area contributed by atoms with E-state index in [1.807, 2.05) is 6.07 Å². The SMILES string of the molecule is Nc1noc(C2C3CCCCC32)c1-c1ccccc1F. The highest BCUT2D eigenvalue weighted by atomic mass is 19.1. The van der Waals surface area contributed by atoms with Crippen molar-refractivity contribution in [2.24, 2.45) is 11.8 Å². The summed E-state index contributed by atoms with van der Waals surface area (Å²) >= 11 is 0. The molecule has 0 saturated heterocycles. The molecule has 2 aliphatic rings. The van der Waals surface area contributed by atoms with Crippen LogP contribution in [0, 0.1) is 17.7 Å². The highest BCUT2D eigenvalue weighted by Gasteiger charge is 2.54. The zero-order valence-corrected chi connectivity index (χ0v) is 11.2. The zero-order valence-electron chi connectivity index (χ0n) is 11.2. The normalized spacial score (nSPS) is 28.1. The van der Waals surface area contributed by atoms with E-state index in [0.717, 1.165) is 5.76 Å². The highest BCUT2D eigenvalue weighted by molar-refractivity contribution is 5.76. The summed E-state index contributed by atoms with van der Waals surface area (Å²) in [5.41, 5.74) is 7.10. The van der Waals surface area contributed by atoms with Gasteiger partial charge in [-0.05, 0) is 30.7 Å². The van der Waals surface area contributed by atoms with E-state index in [-0.39, 0.29) is 5.82 Å². The maximum absolute atomic E-state index is 14.0. The largest absolute Gasteiger partial charge is 0.380 e. The second-order valence-electron chi connectivity index (χ2n) is 5.92. The molecule has 2 atom stereocenters. The van der Waals surface area contributed by atoms with Gasteiger partial charge in [0.2, 0.25) is 0 Å². The molecule has 2 N–H and O–H groups in total. The van der Waals surface area contributed by atoms with Crippen molar-refractivity contribution in [3.05, 3.63) is 35.8 Å². The third-order valence-corrected chi connectivity index (χ3v) is 4.85. The number of hydrogen-bond acceptors (Lipinski definition) is 3. The van der Waals surface area contributed by atoms with Gasteiger partial charge in [0, 0.05) is 11.5 Å². The van der Waals surface area contributed by atoms with Gasteiger partial charge in [-0.2, -0.15) is 0 Å². The number of fused-ring (bicyclic) bond motifs is 1. The maximum Gasteiger partial charge on any atom is 0.175 e. The topological polar surface area (TPSA) is 52.0 Å². The minimum Gasteiger partial charge on any atom is -0.380 e. The number of aromatic nitrogens is 1. The Bertz CT molecular complexity index is 640. The first kappa shape index (κ1) is 11.9. The van der Waals surface area contributed by atoms with E-state index >= 15 is 0 Å². The molecule has 1 aromatic carbocycles. The lowest BCUT2D eigenvalue weighted by atomic mass is 10.0. The number of hydrogen-bond donors (Lipinski definition) is 1. The third-order valence-electron chi connectivity index (χ3n) is 4.85. The van der Waals surface area contributed by atoms with Crippen molar-refractivity contribution in [1.82, 2.24) is 5.16 Å². The van der Waals surface area contributed by atoms with Crippen LogP contribution in [0.3, 0.4) is 0 Å². The minimum atomic E-state index is -0.271. The Balaban J connectivity index is 1.78. The quantitative estimate of drug-likeness (QED) is 0.900. The molecule has 1 aromatic heterocycles. The van der Waals surface area contributed by atoms with Crippen LogP contribution in [0.5, 0.6) is 0 Å². The molecule has 4 rings (SSSR count). The van der Waals surface area contributed by atoms with Crippen LogP contribution in [-0.4, -0.2) is 5.16 Å². The van der Waals surface area contributed by atoms with Crippen molar-refractivity contribution in [1.29, 1.82) is 0 Å². The molecule has 1 heterocycles. The van der Waals surface area contributed by atoms with Crippen LogP contribution in [0.2, 0.25) is 0 Å². The summed E-state index contributed by atoms with van der Waals surface area (Å²) in [5, 5.41) is 3.89. The van der Waals surface area contributed by atoms with Crippen LogP contribution in [-0.2, 0) is 0 Å². The van der Waals surface area contributed by atoms with E-state index in [1.165, 1.54) is 31.7 Å². The second kappa shape index (κ2) is 4.33. The molecule has 2 saturated carbocycles. The molecular formula is C16H17FN2O. The van der Waals surface area contributed by atoms with E-state index < -0.39 is 0 Å². The number of nitrogen functional groups attached to an aromatic ring is 1. The summed E-state index contributed by atoms with van der Waals surface area (Å²) < 4.78 is 19.5. The van der Waals surface area contributed by atoms with Crippen molar-refractivity contribution < 1.29 is 8.91 Å². The summed E-state index contributed by atoms with van der Waals surface area (Å²) in [6, 6.07) is 6.69. The van der Waals surface area contributed by atoms with Crippen molar-refractivity contribution in [2.45, 2.75) is 31.6 Å². The Hall–Kier alpha value is -1.84. The van der Waals surface area contributed by atoms with Gasteiger partial charge >= 0.3 is 0 Å². The Labute approximate surface area is 117 Å². The molecular weight excluding hydrogens is 255 g/mol. The monoisotopic (exact) mass is 272 g/mol. The van der Waals surface area contributed by atoms with Crippen molar-refractivity contribution in [2.75, 3.05) is 5.73 Å². The van der Waals surface area contributed by atoms with Crippen LogP contribution >= 0.6 is 0 Å². The van der Waals surface area contributed by atoms with E-state index in [4.69, 9.17) is 10.3 Å². The molecule has 4 heteroatoms. The first-order valence-corrected chi connectivity index (χ1v) is 7.27. The van der Waals surface area contributed by atoms with Crippen LogP contribution in [0.4, 0.5) is 10.2 Å². The molecule has 0 bridgehead atoms. The number of halogens is 1. The van der Waals surface area contributed by atoms with Gasteiger partial charge in [0.15, 0.2) is 11.6 Å². The lowest BCUT2D eigenvalue weighted by Crippen LogP contribution is -1.93. The molecule has 3 nitrogen and oxygen atoms in total. The molecule has 104 valence electrons. The van der Waals surface area contributed by atoms with E-state index in [2.05, 4.69) is 5.16 Å². The zero-order chi connectivity index (χ0) is 13.7. The molecule has 0 aliphatic heterocycles. The van der Waals surface area contributed by atoms with Crippen LogP contribution in [0.25, 0.3) is 11.1 Å². The fraction of sp³-hybridized carbons (Fsp3) is 0.438. The van der Waals surface area contributed by atoms with Crippen molar-refractivity contribution in [3.8, 4) is 11.1 Å². The average Bonchev–Trinajstić information content (AvgIpc) is 3.08. The fourth-order valence-corrected chi connectivity index (χ4v) is 3.86. The lowest BCUT2D eigenvalue weighted by molar-refractivity contribution is 0.381. The van der Waals surface area contributed by atoms with Gasteiger partial charge in [-0.15, -0.1) is 0 Å².